The fourth-order valence-electron chi connectivity index (χ4n) is 2.91. The lowest BCUT2D eigenvalue weighted by Crippen LogP contribution is -2.21. The fraction of sp³-hybridized carbons (Fsp3) is 0.182. The lowest BCUT2D eigenvalue weighted by atomic mass is 10.1. The Bertz CT molecular complexity index is 1050. The number of nitrogens with zero attached hydrogens (tertiary/aromatic N) is 1. The number of fused-ring (bicyclic) bond motifs is 1. The first-order chi connectivity index (χ1) is 13.0. The highest BCUT2D eigenvalue weighted by atomic mass is 35.5. The third-order valence-corrected chi connectivity index (χ3v) is 4.64. The van der Waals surface area contributed by atoms with Crippen LogP contribution in [0.3, 0.4) is 0 Å². The Morgan fingerprint density at radius 1 is 1.07 bits per heavy atom. The molecule has 0 bridgehead atoms. The van der Waals surface area contributed by atoms with Gasteiger partial charge in [0.1, 0.15) is 11.1 Å². The van der Waals surface area contributed by atoms with Crippen LogP contribution in [0, 0.1) is 0 Å². The number of benzene rings is 2. The second kappa shape index (κ2) is 8.23. The first kappa shape index (κ1) is 18.9. The largest absolute Gasteiger partial charge is 0.422 e. The van der Waals surface area contributed by atoms with Crippen LogP contribution in [-0.2, 0) is 0 Å². The lowest BCUT2D eigenvalue weighted by molar-refractivity contribution is 0.104. The first-order valence-corrected chi connectivity index (χ1v) is 9.20. The minimum absolute atomic E-state index is 0.0132. The number of anilines is 1. The summed E-state index contributed by atoms with van der Waals surface area (Å²) < 4.78 is 5.21. The summed E-state index contributed by atoms with van der Waals surface area (Å²) in [7, 11) is 0. The molecule has 0 amide bonds. The van der Waals surface area contributed by atoms with E-state index in [1.165, 1.54) is 12.1 Å². The highest BCUT2D eigenvalue weighted by molar-refractivity contribution is 6.31. The highest BCUT2D eigenvalue weighted by Crippen LogP contribution is 2.19. The molecule has 1 heterocycles. The molecular formula is C22H20ClNO3. The number of ketones is 1. The molecule has 138 valence electrons. The first-order valence-electron chi connectivity index (χ1n) is 8.82. The van der Waals surface area contributed by atoms with Crippen molar-refractivity contribution in [2.75, 3.05) is 18.0 Å². The Morgan fingerprint density at radius 2 is 1.78 bits per heavy atom. The summed E-state index contributed by atoms with van der Waals surface area (Å²) in [6, 6.07) is 14.3. The van der Waals surface area contributed by atoms with Crippen LogP contribution in [0.4, 0.5) is 5.69 Å². The zero-order chi connectivity index (χ0) is 19.4. The summed E-state index contributed by atoms with van der Waals surface area (Å²) in [4.78, 5) is 26.8. The van der Waals surface area contributed by atoms with E-state index in [-0.39, 0.29) is 5.56 Å². The van der Waals surface area contributed by atoms with Crippen molar-refractivity contribution in [1.82, 2.24) is 0 Å². The molecule has 0 spiro atoms. The van der Waals surface area contributed by atoms with E-state index in [4.69, 9.17) is 16.0 Å². The fourth-order valence-corrected chi connectivity index (χ4v) is 3.09. The number of halogens is 1. The Labute approximate surface area is 162 Å². The predicted octanol–water partition coefficient (Wildman–Crippen LogP) is 5.19. The number of hydrogen-bond acceptors (Lipinski definition) is 4. The van der Waals surface area contributed by atoms with Gasteiger partial charge in [0.05, 0.1) is 0 Å². The van der Waals surface area contributed by atoms with E-state index in [0.717, 1.165) is 24.3 Å². The van der Waals surface area contributed by atoms with Gasteiger partial charge in [-0.25, -0.2) is 4.79 Å². The molecule has 5 heteroatoms. The van der Waals surface area contributed by atoms with Gasteiger partial charge in [0.2, 0.25) is 0 Å². The summed E-state index contributed by atoms with van der Waals surface area (Å²) >= 11 is 5.97. The second-order valence-corrected chi connectivity index (χ2v) is 6.53. The van der Waals surface area contributed by atoms with E-state index in [9.17, 15) is 9.59 Å². The number of hydrogen-bond donors (Lipinski definition) is 0. The summed E-state index contributed by atoms with van der Waals surface area (Å²) in [5, 5.41) is 1.13. The van der Waals surface area contributed by atoms with E-state index < -0.39 is 11.4 Å². The van der Waals surface area contributed by atoms with Crippen molar-refractivity contribution in [3.05, 3.63) is 81.2 Å². The minimum atomic E-state index is -0.656. The molecule has 0 fully saturated rings. The minimum Gasteiger partial charge on any atom is -0.422 e. The molecule has 27 heavy (non-hydrogen) atoms. The SMILES string of the molecule is CCN(CC)c1ccc(C=CC(=O)c2cc3cc(Cl)ccc3oc2=O)cc1. The van der Waals surface area contributed by atoms with Crippen molar-refractivity contribution in [2.45, 2.75) is 13.8 Å². The highest BCUT2D eigenvalue weighted by Gasteiger charge is 2.11. The molecule has 0 radical (unpaired) electrons. The van der Waals surface area contributed by atoms with Gasteiger partial charge in [-0.05, 0) is 61.9 Å². The predicted molar refractivity (Wildman–Crippen MR) is 111 cm³/mol. The molecule has 2 aromatic carbocycles. The third kappa shape index (κ3) is 4.29. The molecule has 1 aromatic heterocycles. The topological polar surface area (TPSA) is 50.5 Å². The lowest BCUT2D eigenvalue weighted by Gasteiger charge is -2.20. The Balaban J connectivity index is 1.83. The van der Waals surface area contributed by atoms with Crippen LogP contribution in [0.2, 0.25) is 5.02 Å². The van der Waals surface area contributed by atoms with Crippen molar-refractivity contribution < 1.29 is 9.21 Å². The average molecular weight is 382 g/mol. The summed E-state index contributed by atoms with van der Waals surface area (Å²) in [6.45, 7) is 6.09. The van der Waals surface area contributed by atoms with Crippen molar-refractivity contribution in [3.8, 4) is 0 Å². The second-order valence-electron chi connectivity index (χ2n) is 6.09. The van der Waals surface area contributed by atoms with Crippen LogP contribution in [0.5, 0.6) is 0 Å². The van der Waals surface area contributed by atoms with E-state index in [1.807, 2.05) is 24.3 Å². The summed E-state index contributed by atoms with van der Waals surface area (Å²) in [6.07, 6.45) is 3.07. The Morgan fingerprint density at radius 3 is 2.44 bits per heavy atom. The maximum atomic E-state index is 12.4. The van der Waals surface area contributed by atoms with Gasteiger partial charge in [0, 0.05) is 29.2 Å². The van der Waals surface area contributed by atoms with Crippen LogP contribution in [0.15, 0.2) is 63.8 Å². The molecule has 0 N–H and O–H groups in total. The standard InChI is InChI=1S/C22H20ClNO3/c1-3-24(4-2)18-9-5-15(6-10-18)7-11-20(25)19-14-16-13-17(23)8-12-21(16)27-22(19)26/h5-14H,3-4H2,1-2H3. The van der Waals surface area contributed by atoms with Crippen molar-refractivity contribution in [3.63, 3.8) is 0 Å². The zero-order valence-electron chi connectivity index (χ0n) is 15.2. The van der Waals surface area contributed by atoms with E-state index >= 15 is 0 Å². The summed E-state index contributed by atoms with van der Waals surface area (Å²) in [5.41, 5.74) is 1.75. The van der Waals surface area contributed by atoms with Gasteiger partial charge < -0.3 is 9.32 Å². The summed E-state index contributed by atoms with van der Waals surface area (Å²) in [5.74, 6) is -0.404. The van der Waals surface area contributed by atoms with Gasteiger partial charge in [0.15, 0.2) is 5.78 Å². The quantitative estimate of drug-likeness (QED) is 0.335. The molecule has 0 aliphatic rings. The van der Waals surface area contributed by atoms with Crippen LogP contribution < -0.4 is 10.5 Å². The molecule has 0 atom stereocenters. The molecule has 0 aliphatic heterocycles. The maximum Gasteiger partial charge on any atom is 0.347 e. The Hall–Kier alpha value is -2.85. The molecular weight excluding hydrogens is 362 g/mol. The van der Waals surface area contributed by atoms with E-state index in [0.29, 0.717) is 16.0 Å². The smallest absolute Gasteiger partial charge is 0.347 e. The molecule has 0 saturated heterocycles. The average Bonchev–Trinajstić information content (AvgIpc) is 2.68. The van der Waals surface area contributed by atoms with E-state index in [1.54, 1.807) is 24.3 Å². The van der Waals surface area contributed by atoms with Gasteiger partial charge in [0.25, 0.3) is 0 Å². The van der Waals surface area contributed by atoms with Crippen LogP contribution in [-0.4, -0.2) is 18.9 Å². The van der Waals surface area contributed by atoms with Crippen LogP contribution >= 0.6 is 11.6 Å². The normalized spacial score (nSPS) is 11.2. The third-order valence-electron chi connectivity index (χ3n) is 4.41. The number of carbonyl (C=O) groups excluding carboxylic acids is 1. The molecule has 0 saturated carbocycles. The number of rotatable bonds is 6. The van der Waals surface area contributed by atoms with Crippen LogP contribution in [0.25, 0.3) is 17.0 Å². The molecule has 3 rings (SSSR count). The maximum absolute atomic E-state index is 12.4. The van der Waals surface area contributed by atoms with Gasteiger partial charge in [-0.3, -0.25) is 4.79 Å². The van der Waals surface area contributed by atoms with Gasteiger partial charge in [-0.1, -0.05) is 29.8 Å². The van der Waals surface area contributed by atoms with Crippen LogP contribution in [0.1, 0.15) is 29.8 Å². The van der Waals surface area contributed by atoms with Gasteiger partial charge in [-0.15, -0.1) is 0 Å². The monoisotopic (exact) mass is 381 g/mol. The van der Waals surface area contributed by atoms with Crippen molar-refractivity contribution >= 4 is 40.1 Å². The van der Waals surface area contributed by atoms with E-state index in [2.05, 4.69) is 18.7 Å². The molecule has 4 nitrogen and oxygen atoms in total. The Kier molecular flexibility index (Phi) is 5.77. The van der Waals surface area contributed by atoms with Gasteiger partial charge >= 0.3 is 5.63 Å². The molecule has 0 unspecified atom stereocenters. The van der Waals surface area contributed by atoms with Crippen molar-refractivity contribution in [2.24, 2.45) is 0 Å². The molecule has 0 aliphatic carbocycles. The number of carbonyl (C=O) groups is 1. The number of allylic oxidation sites excluding steroid dienone is 1. The van der Waals surface area contributed by atoms with Gasteiger partial charge in [-0.2, -0.15) is 0 Å². The zero-order valence-corrected chi connectivity index (χ0v) is 16.0. The molecule has 3 aromatic rings. The van der Waals surface area contributed by atoms with Crippen molar-refractivity contribution in [1.29, 1.82) is 0 Å².